The highest BCUT2D eigenvalue weighted by Crippen LogP contribution is 2.28. The fourth-order valence-electron chi connectivity index (χ4n) is 3.07. The van der Waals surface area contributed by atoms with Gasteiger partial charge in [0.2, 0.25) is 5.91 Å². The summed E-state index contributed by atoms with van der Waals surface area (Å²) in [6.45, 7) is 3.12. The number of hydrogen-bond donors (Lipinski definition) is 2. The molecule has 29 heavy (non-hydrogen) atoms. The first kappa shape index (κ1) is 20.6. The number of nitrogens with zero attached hydrogens (tertiary/aromatic N) is 3. The Hall–Kier alpha value is -3.11. The molecule has 1 fully saturated rings. The van der Waals surface area contributed by atoms with Crippen LogP contribution in [0.5, 0.6) is 0 Å². The summed E-state index contributed by atoms with van der Waals surface area (Å²) in [7, 11) is 0. The number of carbonyl (C=O) groups excluding carboxylic acids is 1. The van der Waals surface area contributed by atoms with Gasteiger partial charge in [0, 0.05) is 37.0 Å². The zero-order valence-electron chi connectivity index (χ0n) is 15.7. The fraction of sp³-hybridized carbons (Fsp3) is 0.316. The molecule has 0 unspecified atom stereocenters. The van der Waals surface area contributed by atoms with Crippen molar-refractivity contribution >= 4 is 46.2 Å². The molecule has 0 aliphatic carbocycles. The summed E-state index contributed by atoms with van der Waals surface area (Å²) in [6, 6.07) is 6.15. The predicted molar refractivity (Wildman–Crippen MR) is 109 cm³/mol. The minimum atomic E-state index is -0.783. The summed E-state index contributed by atoms with van der Waals surface area (Å²) in [5.41, 5.74) is 1.48. The molecule has 1 saturated heterocycles. The standard InChI is InChI=1S/C19H20N4O5S/c1-12(24)20-19-21-16(7-4-13-2-5-15(6-3-13)23(27)28)17(29-19)11-22-9-8-14(10-22)18(25)26/h2-7,14H,8-11H2,1H3,(H,25,26)(H,20,21,24)/b7-4-/t14-/m0/s1. The Bertz CT molecular complexity index is 954. The number of aliphatic carboxylic acids is 1. The van der Waals surface area contributed by atoms with E-state index < -0.39 is 10.9 Å². The Morgan fingerprint density at radius 2 is 2.10 bits per heavy atom. The molecule has 1 atom stereocenters. The maximum absolute atomic E-state index is 11.4. The maximum Gasteiger partial charge on any atom is 0.307 e. The third kappa shape index (κ3) is 5.46. The first-order valence-corrected chi connectivity index (χ1v) is 9.78. The number of thiazole rings is 1. The van der Waals surface area contributed by atoms with E-state index in [0.717, 1.165) is 10.4 Å². The van der Waals surface area contributed by atoms with Gasteiger partial charge in [-0.05, 0) is 36.7 Å². The molecule has 0 saturated carbocycles. The molecule has 2 aromatic rings. The van der Waals surface area contributed by atoms with Gasteiger partial charge < -0.3 is 10.4 Å². The van der Waals surface area contributed by atoms with Crippen LogP contribution in [0.3, 0.4) is 0 Å². The van der Waals surface area contributed by atoms with Crippen molar-refractivity contribution in [3.8, 4) is 0 Å². The predicted octanol–water partition coefficient (Wildman–Crippen LogP) is 3.09. The first-order chi connectivity index (χ1) is 13.8. The molecule has 2 heterocycles. The van der Waals surface area contributed by atoms with Crippen LogP contribution < -0.4 is 5.32 Å². The van der Waals surface area contributed by atoms with Crippen molar-refractivity contribution in [2.45, 2.75) is 19.9 Å². The van der Waals surface area contributed by atoms with Gasteiger partial charge in [0.25, 0.3) is 5.69 Å². The van der Waals surface area contributed by atoms with E-state index >= 15 is 0 Å². The molecule has 1 amide bonds. The highest BCUT2D eigenvalue weighted by atomic mass is 32.1. The highest BCUT2D eigenvalue weighted by molar-refractivity contribution is 7.16. The van der Waals surface area contributed by atoms with E-state index in [0.29, 0.717) is 36.9 Å². The van der Waals surface area contributed by atoms with Gasteiger partial charge in [-0.1, -0.05) is 17.4 Å². The number of nitrogens with one attached hydrogen (secondary N) is 1. The van der Waals surface area contributed by atoms with Crippen molar-refractivity contribution in [2.75, 3.05) is 18.4 Å². The quantitative estimate of drug-likeness (QED) is 0.525. The largest absolute Gasteiger partial charge is 0.481 e. The van der Waals surface area contributed by atoms with E-state index in [9.17, 15) is 24.8 Å². The Balaban J connectivity index is 1.78. The maximum atomic E-state index is 11.4. The molecule has 0 bridgehead atoms. The summed E-state index contributed by atoms with van der Waals surface area (Å²) >= 11 is 1.35. The Morgan fingerprint density at radius 1 is 1.38 bits per heavy atom. The van der Waals surface area contributed by atoms with E-state index in [1.807, 2.05) is 0 Å². The molecule has 9 nitrogen and oxygen atoms in total. The molecule has 0 radical (unpaired) electrons. The highest BCUT2D eigenvalue weighted by Gasteiger charge is 2.28. The van der Waals surface area contributed by atoms with Crippen LogP contribution >= 0.6 is 11.3 Å². The van der Waals surface area contributed by atoms with Gasteiger partial charge in [-0.25, -0.2) is 4.98 Å². The lowest BCUT2D eigenvalue weighted by molar-refractivity contribution is -0.384. The summed E-state index contributed by atoms with van der Waals surface area (Å²) < 4.78 is 0. The van der Waals surface area contributed by atoms with Crippen LogP contribution in [0.15, 0.2) is 24.3 Å². The number of nitro benzene ring substituents is 1. The Kier molecular flexibility index (Phi) is 6.35. The number of aromatic nitrogens is 1. The Morgan fingerprint density at radius 3 is 2.69 bits per heavy atom. The number of hydrogen-bond acceptors (Lipinski definition) is 7. The van der Waals surface area contributed by atoms with Crippen LogP contribution in [0, 0.1) is 16.0 Å². The summed E-state index contributed by atoms with van der Waals surface area (Å²) in [5, 5.41) is 23.1. The van der Waals surface area contributed by atoms with Gasteiger partial charge in [0.05, 0.1) is 16.5 Å². The molecule has 10 heteroatoms. The van der Waals surface area contributed by atoms with E-state index in [4.69, 9.17) is 0 Å². The first-order valence-electron chi connectivity index (χ1n) is 8.97. The van der Waals surface area contributed by atoms with Crippen LogP contribution in [0.2, 0.25) is 0 Å². The molecule has 152 valence electrons. The third-order valence-electron chi connectivity index (χ3n) is 4.54. The van der Waals surface area contributed by atoms with E-state index in [1.54, 1.807) is 24.3 Å². The number of carboxylic acids is 1. The van der Waals surface area contributed by atoms with E-state index in [1.165, 1.54) is 30.4 Å². The zero-order chi connectivity index (χ0) is 21.0. The SMILES string of the molecule is CC(=O)Nc1nc(/C=C\c2ccc([N+](=O)[O-])cc2)c(CN2CC[C@H](C(=O)O)C2)s1. The number of anilines is 1. The smallest absolute Gasteiger partial charge is 0.307 e. The second-order valence-electron chi connectivity index (χ2n) is 6.75. The average Bonchev–Trinajstić information content (AvgIpc) is 3.27. The molecule has 0 spiro atoms. The summed E-state index contributed by atoms with van der Waals surface area (Å²) in [5.74, 6) is -1.37. The molecule has 1 aliphatic rings. The van der Waals surface area contributed by atoms with Gasteiger partial charge in [0.1, 0.15) is 0 Å². The molecule has 2 N–H and O–H groups in total. The summed E-state index contributed by atoms with van der Waals surface area (Å²) in [4.78, 5) is 40.3. The van der Waals surface area contributed by atoms with E-state index in [-0.39, 0.29) is 17.5 Å². The van der Waals surface area contributed by atoms with E-state index in [2.05, 4.69) is 15.2 Å². The number of non-ortho nitro benzene ring substituents is 1. The number of rotatable bonds is 7. The van der Waals surface area contributed by atoms with Crippen molar-refractivity contribution in [1.82, 2.24) is 9.88 Å². The minimum Gasteiger partial charge on any atom is -0.481 e. The molecule has 1 aromatic heterocycles. The topological polar surface area (TPSA) is 126 Å². The number of carbonyl (C=O) groups is 2. The number of nitro groups is 1. The molecular weight excluding hydrogens is 396 g/mol. The van der Waals surface area contributed by atoms with Crippen molar-refractivity contribution in [1.29, 1.82) is 0 Å². The second-order valence-corrected chi connectivity index (χ2v) is 7.83. The van der Waals surface area contributed by atoms with Crippen LogP contribution in [0.1, 0.15) is 29.5 Å². The van der Waals surface area contributed by atoms with Crippen molar-refractivity contribution < 1.29 is 19.6 Å². The third-order valence-corrected chi connectivity index (χ3v) is 5.51. The number of benzene rings is 1. The lowest BCUT2D eigenvalue weighted by atomic mass is 10.1. The van der Waals surface area contributed by atoms with Gasteiger partial charge in [-0.3, -0.25) is 24.6 Å². The monoisotopic (exact) mass is 416 g/mol. The lowest BCUT2D eigenvalue weighted by Gasteiger charge is -2.14. The van der Waals surface area contributed by atoms with Crippen molar-refractivity contribution in [2.24, 2.45) is 5.92 Å². The van der Waals surface area contributed by atoms with Gasteiger partial charge in [-0.15, -0.1) is 0 Å². The lowest BCUT2D eigenvalue weighted by Crippen LogP contribution is -2.22. The second kappa shape index (κ2) is 8.93. The van der Waals surface area contributed by atoms with Gasteiger partial charge in [-0.2, -0.15) is 0 Å². The van der Waals surface area contributed by atoms with Crippen LogP contribution in [0.25, 0.3) is 12.2 Å². The normalized spacial score (nSPS) is 16.9. The zero-order valence-corrected chi connectivity index (χ0v) is 16.5. The number of carboxylic acid groups (broad SMARTS) is 1. The van der Waals surface area contributed by atoms with Crippen molar-refractivity contribution in [3.63, 3.8) is 0 Å². The van der Waals surface area contributed by atoms with Gasteiger partial charge >= 0.3 is 5.97 Å². The number of amides is 1. The van der Waals surface area contributed by atoms with Crippen LogP contribution in [-0.2, 0) is 16.1 Å². The molecule has 3 rings (SSSR count). The molecule has 1 aliphatic heterocycles. The fourth-order valence-corrected chi connectivity index (χ4v) is 4.11. The summed E-state index contributed by atoms with van der Waals surface area (Å²) in [6.07, 6.45) is 4.20. The average molecular weight is 416 g/mol. The Labute approximate surface area is 170 Å². The van der Waals surface area contributed by atoms with Crippen LogP contribution in [0.4, 0.5) is 10.8 Å². The van der Waals surface area contributed by atoms with Crippen molar-refractivity contribution in [3.05, 3.63) is 50.5 Å². The number of likely N-dealkylation sites (tertiary alicyclic amines) is 1. The molecule has 1 aromatic carbocycles. The molecular formula is C19H20N4O5S. The van der Waals surface area contributed by atoms with Gasteiger partial charge in [0.15, 0.2) is 5.13 Å². The van der Waals surface area contributed by atoms with Crippen LogP contribution in [-0.4, -0.2) is 44.9 Å². The minimum absolute atomic E-state index is 0.0199.